The van der Waals surface area contributed by atoms with Gasteiger partial charge in [-0.1, -0.05) is 12.1 Å². The van der Waals surface area contributed by atoms with E-state index in [1.165, 1.54) is 29.9 Å². The molecule has 0 unspecified atom stereocenters. The number of nitro groups is 1. The number of ether oxygens (including phenoxy) is 2. The summed E-state index contributed by atoms with van der Waals surface area (Å²) in [6.07, 6.45) is 3.90. The van der Waals surface area contributed by atoms with Gasteiger partial charge in [-0.25, -0.2) is 4.98 Å². The minimum Gasteiger partial charge on any atom is -0.455 e. The Hall–Kier alpha value is -3.39. The van der Waals surface area contributed by atoms with Crippen LogP contribution in [0.15, 0.2) is 66.6 Å². The number of hydrogen-bond acceptors (Lipinski definition) is 7. The fourth-order valence-corrected chi connectivity index (χ4v) is 3.23. The van der Waals surface area contributed by atoms with Crippen LogP contribution in [-0.4, -0.2) is 9.91 Å². The van der Waals surface area contributed by atoms with Crippen molar-refractivity contribution in [1.29, 1.82) is 0 Å². The third-order valence-corrected chi connectivity index (χ3v) is 4.59. The zero-order chi connectivity index (χ0) is 17.9. The van der Waals surface area contributed by atoms with Crippen LogP contribution in [0.5, 0.6) is 0 Å². The predicted octanol–water partition coefficient (Wildman–Crippen LogP) is 4.98. The second-order valence-corrected chi connectivity index (χ2v) is 6.35. The molecule has 0 saturated carbocycles. The summed E-state index contributed by atoms with van der Waals surface area (Å²) < 4.78 is 10.5. The van der Waals surface area contributed by atoms with Crippen molar-refractivity contribution in [3.8, 4) is 10.6 Å². The number of nitrogens with one attached hydrogen (secondary N) is 1. The Balaban J connectivity index is 1.63. The number of anilines is 2. The van der Waals surface area contributed by atoms with E-state index in [0.717, 1.165) is 16.3 Å². The lowest BCUT2D eigenvalue weighted by molar-refractivity contribution is -0.384. The summed E-state index contributed by atoms with van der Waals surface area (Å²) in [6, 6.07) is 12.4. The van der Waals surface area contributed by atoms with E-state index in [2.05, 4.69) is 10.3 Å². The molecule has 3 aromatic rings. The molecule has 0 atom stereocenters. The van der Waals surface area contributed by atoms with Gasteiger partial charge in [-0.15, -0.1) is 11.3 Å². The van der Waals surface area contributed by atoms with Crippen LogP contribution in [0.3, 0.4) is 0 Å². The van der Waals surface area contributed by atoms with Crippen molar-refractivity contribution in [1.82, 2.24) is 4.98 Å². The van der Waals surface area contributed by atoms with Gasteiger partial charge in [0.05, 0.1) is 4.92 Å². The molecule has 7 nitrogen and oxygen atoms in total. The average Bonchev–Trinajstić information content (AvgIpc) is 3.36. The minimum atomic E-state index is -0.656. The van der Waals surface area contributed by atoms with Crippen LogP contribution in [-0.2, 0) is 9.47 Å². The van der Waals surface area contributed by atoms with Gasteiger partial charge in [0.1, 0.15) is 23.2 Å². The van der Waals surface area contributed by atoms with Crippen molar-refractivity contribution < 1.29 is 14.4 Å². The third-order valence-electron chi connectivity index (χ3n) is 3.77. The quantitative estimate of drug-likeness (QED) is 0.506. The van der Waals surface area contributed by atoms with Gasteiger partial charge in [-0.05, 0) is 24.3 Å². The lowest BCUT2D eigenvalue weighted by Crippen LogP contribution is -2.02. The first-order valence-electron chi connectivity index (χ1n) is 7.72. The number of thiazole rings is 1. The van der Waals surface area contributed by atoms with Gasteiger partial charge < -0.3 is 14.8 Å². The molecule has 0 spiro atoms. The number of nitrogens with zero attached hydrogens (tertiary/aromatic N) is 2. The molecule has 0 bridgehead atoms. The van der Waals surface area contributed by atoms with E-state index < -0.39 is 11.2 Å². The SMILES string of the molecule is O=[N+]([O-])c1cc(C2OC=CO2)ccc1Nc1cccc(-c2nccs2)c1. The Kier molecular flexibility index (Phi) is 4.24. The lowest BCUT2D eigenvalue weighted by atomic mass is 10.1. The highest BCUT2D eigenvalue weighted by atomic mass is 32.1. The topological polar surface area (TPSA) is 86.5 Å². The van der Waals surface area contributed by atoms with Crippen molar-refractivity contribution in [2.45, 2.75) is 6.29 Å². The van der Waals surface area contributed by atoms with E-state index in [9.17, 15) is 10.1 Å². The lowest BCUT2D eigenvalue weighted by Gasteiger charge is -2.13. The zero-order valence-corrected chi connectivity index (χ0v) is 14.2. The number of benzene rings is 2. The van der Waals surface area contributed by atoms with E-state index in [1.54, 1.807) is 18.3 Å². The summed E-state index contributed by atoms with van der Waals surface area (Å²) in [5.74, 6) is 0. The van der Waals surface area contributed by atoms with Gasteiger partial charge in [0.2, 0.25) is 0 Å². The molecule has 130 valence electrons. The Morgan fingerprint density at radius 1 is 1.15 bits per heavy atom. The van der Waals surface area contributed by atoms with Crippen molar-refractivity contribution >= 4 is 28.4 Å². The number of hydrogen-bond donors (Lipinski definition) is 1. The molecular weight excluding hydrogens is 354 g/mol. The molecule has 8 heteroatoms. The van der Waals surface area contributed by atoms with E-state index in [4.69, 9.17) is 9.47 Å². The number of aromatic nitrogens is 1. The van der Waals surface area contributed by atoms with Crippen LogP contribution in [0, 0.1) is 10.1 Å². The average molecular weight is 367 g/mol. The monoisotopic (exact) mass is 367 g/mol. The van der Waals surface area contributed by atoms with Gasteiger partial charge in [0, 0.05) is 34.5 Å². The second kappa shape index (κ2) is 6.85. The first-order chi connectivity index (χ1) is 12.7. The molecule has 4 rings (SSSR count). The zero-order valence-electron chi connectivity index (χ0n) is 13.4. The Morgan fingerprint density at radius 3 is 2.73 bits per heavy atom. The van der Waals surface area contributed by atoms with E-state index >= 15 is 0 Å². The fraction of sp³-hybridized carbons (Fsp3) is 0.0556. The molecule has 1 aliphatic rings. The number of nitro benzene ring substituents is 1. The smallest absolute Gasteiger partial charge is 0.293 e. The van der Waals surface area contributed by atoms with Crippen LogP contribution in [0.25, 0.3) is 10.6 Å². The molecule has 2 heterocycles. The first-order valence-corrected chi connectivity index (χ1v) is 8.60. The van der Waals surface area contributed by atoms with Crippen molar-refractivity contribution in [2.75, 3.05) is 5.32 Å². The highest BCUT2D eigenvalue weighted by Gasteiger charge is 2.22. The molecule has 0 fully saturated rings. The highest BCUT2D eigenvalue weighted by Crippen LogP contribution is 2.34. The Labute approximate surface area is 152 Å². The van der Waals surface area contributed by atoms with E-state index in [1.807, 2.05) is 29.6 Å². The van der Waals surface area contributed by atoms with Crippen LogP contribution >= 0.6 is 11.3 Å². The van der Waals surface area contributed by atoms with Gasteiger partial charge in [-0.3, -0.25) is 10.1 Å². The van der Waals surface area contributed by atoms with Crippen LogP contribution < -0.4 is 5.32 Å². The van der Waals surface area contributed by atoms with Crippen LogP contribution in [0.1, 0.15) is 11.9 Å². The summed E-state index contributed by atoms with van der Waals surface area (Å²) in [5, 5.41) is 17.4. The summed E-state index contributed by atoms with van der Waals surface area (Å²) in [6.45, 7) is 0. The van der Waals surface area contributed by atoms with Gasteiger partial charge in [0.25, 0.3) is 12.0 Å². The summed E-state index contributed by atoms with van der Waals surface area (Å²) in [5.41, 5.74) is 2.60. The van der Waals surface area contributed by atoms with Gasteiger partial charge >= 0.3 is 0 Å². The maximum absolute atomic E-state index is 11.5. The van der Waals surface area contributed by atoms with Crippen molar-refractivity contribution in [3.63, 3.8) is 0 Å². The van der Waals surface area contributed by atoms with Crippen LogP contribution in [0.2, 0.25) is 0 Å². The summed E-state index contributed by atoms with van der Waals surface area (Å²) >= 11 is 1.53. The molecular formula is C18H13N3O4S. The fourth-order valence-electron chi connectivity index (χ4n) is 2.60. The van der Waals surface area contributed by atoms with E-state index in [0.29, 0.717) is 11.3 Å². The second-order valence-electron chi connectivity index (χ2n) is 5.45. The Bertz CT molecular complexity index is 964. The van der Waals surface area contributed by atoms with E-state index in [-0.39, 0.29) is 5.69 Å². The molecule has 0 amide bonds. The summed E-state index contributed by atoms with van der Waals surface area (Å²) in [7, 11) is 0. The molecule has 26 heavy (non-hydrogen) atoms. The molecule has 1 N–H and O–H groups in total. The predicted molar refractivity (Wildman–Crippen MR) is 98.0 cm³/mol. The maximum Gasteiger partial charge on any atom is 0.293 e. The largest absolute Gasteiger partial charge is 0.455 e. The molecule has 1 aromatic heterocycles. The minimum absolute atomic E-state index is 0.0544. The molecule has 0 saturated heterocycles. The first kappa shape index (κ1) is 16.1. The molecule has 0 radical (unpaired) electrons. The summed E-state index contributed by atoms with van der Waals surface area (Å²) in [4.78, 5) is 15.3. The van der Waals surface area contributed by atoms with Crippen molar-refractivity contribution in [2.24, 2.45) is 0 Å². The third kappa shape index (κ3) is 3.22. The Morgan fingerprint density at radius 2 is 2.00 bits per heavy atom. The van der Waals surface area contributed by atoms with Gasteiger partial charge in [0.15, 0.2) is 0 Å². The standard InChI is InChI=1S/C18H13N3O4S/c22-21(23)16-11-13(18-24-7-8-25-18)4-5-15(16)20-14-3-1-2-12(10-14)17-19-6-9-26-17/h1-11,18,20H. The molecule has 2 aromatic carbocycles. The molecule has 0 aliphatic carbocycles. The van der Waals surface area contributed by atoms with Crippen molar-refractivity contribution in [3.05, 3.63) is 82.2 Å². The van der Waals surface area contributed by atoms with Crippen LogP contribution in [0.4, 0.5) is 17.1 Å². The normalized spacial score (nSPS) is 13.2. The number of rotatable bonds is 5. The maximum atomic E-state index is 11.5. The van der Waals surface area contributed by atoms with Gasteiger partial charge in [-0.2, -0.15) is 0 Å². The molecule has 1 aliphatic heterocycles. The highest BCUT2D eigenvalue weighted by molar-refractivity contribution is 7.13.